The van der Waals surface area contributed by atoms with Gasteiger partial charge in [-0.25, -0.2) is 9.29 Å². The van der Waals surface area contributed by atoms with Gasteiger partial charge >= 0.3 is 0 Å². The summed E-state index contributed by atoms with van der Waals surface area (Å²) < 4.78 is 14.5. The molecule has 2 amide bonds. The van der Waals surface area contributed by atoms with Crippen LogP contribution < -0.4 is 10.6 Å². The Balaban J connectivity index is 2.14. The summed E-state index contributed by atoms with van der Waals surface area (Å²) in [6, 6.07) is 8.58. The summed E-state index contributed by atoms with van der Waals surface area (Å²) in [7, 11) is 0. The molecular formula is C14H8BrFN2O2. The highest BCUT2D eigenvalue weighted by Crippen LogP contribution is 2.32. The lowest BCUT2D eigenvalue weighted by Gasteiger charge is -2.14. The molecule has 6 heteroatoms. The van der Waals surface area contributed by atoms with E-state index in [0.29, 0.717) is 10.2 Å². The molecule has 0 saturated carbocycles. The number of nitrogens with zero attached hydrogens (tertiary/aromatic N) is 1. The molecule has 0 radical (unpaired) electrons. The predicted octanol–water partition coefficient (Wildman–Crippen LogP) is 2.97. The van der Waals surface area contributed by atoms with E-state index >= 15 is 0 Å². The number of hydrogen-bond acceptors (Lipinski definition) is 3. The molecule has 0 atom stereocenters. The van der Waals surface area contributed by atoms with Crippen LogP contribution in [0.4, 0.5) is 15.8 Å². The van der Waals surface area contributed by atoms with E-state index in [-0.39, 0.29) is 16.8 Å². The third kappa shape index (κ3) is 1.80. The zero-order valence-corrected chi connectivity index (χ0v) is 11.6. The number of imide groups is 1. The van der Waals surface area contributed by atoms with Crippen molar-refractivity contribution >= 4 is 39.1 Å². The number of carbonyl (C=O) groups excluding carboxylic acids is 2. The Labute approximate surface area is 122 Å². The Kier molecular flexibility index (Phi) is 2.83. The van der Waals surface area contributed by atoms with E-state index in [1.165, 1.54) is 30.3 Å². The molecule has 2 aromatic carbocycles. The van der Waals surface area contributed by atoms with Crippen LogP contribution >= 0.6 is 15.9 Å². The molecule has 0 aliphatic carbocycles. The first-order valence-electron chi connectivity index (χ1n) is 5.72. The van der Waals surface area contributed by atoms with Crippen LogP contribution in [0.15, 0.2) is 40.9 Å². The SMILES string of the molecule is Nc1ccc2c(c1)C(=O)N(c1ccc(Br)cc1F)C2=O. The molecule has 1 aliphatic rings. The first-order chi connectivity index (χ1) is 9.49. The molecular weight excluding hydrogens is 327 g/mol. The van der Waals surface area contributed by atoms with Crippen molar-refractivity contribution in [3.05, 3.63) is 57.8 Å². The van der Waals surface area contributed by atoms with Crippen molar-refractivity contribution in [2.45, 2.75) is 0 Å². The highest BCUT2D eigenvalue weighted by Gasteiger charge is 2.37. The molecule has 4 nitrogen and oxygen atoms in total. The number of rotatable bonds is 1. The summed E-state index contributed by atoms with van der Waals surface area (Å²) in [5.41, 5.74) is 6.34. The topological polar surface area (TPSA) is 63.4 Å². The monoisotopic (exact) mass is 334 g/mol. The average molecular weight is 335 g/mol. The first kappa shape index (κ1) is 12.8. The Morgan fingerprint density at radius 2 is 1.70 bits per heavy atom. The van der Waals surface area contributed by atoms with E-state index in [4.69, 9.17) is 5.73 Å². The molecule has 20 heavy (non-hydrogen) atoms. The maximum Gasteiger partial charge on any atom is 0.266 e. The minimum Gasteiger partial charge on any atom is -0.399 e. The molecule has 0 unspecified atom stereocenters. The van der Waals surface area contributed by atoms with Gasteiger partial charge in [-0.2, -0.15) is 0 Å². The van der Waals surface area contributed by atoms with Gasteiger partial charge in [0, 0.05) is 10.2 Å². The zero-order valence-electron chi connectivity index (χ0n) is 10.1. The van der Waals surface area contributed by atoms with Crippen LogP contribution in [0.25, 0.3) is 0 Å². The molecule has 0 bridgehead atoms. The molecule has 2 aromatic rings. The highest BCUT2D eigenvalue weighted by molar-refractivity contribution is 9.10. The van der Waals surface area contributed by atoms with Gasteiger partial charge in [-0.1, -0.05) is 15.9 Å². The number of anilines is 2. The van der Waals surface area contributed by atoms with Crippen LogP contribution in [0.3, 0.4) is 0 Å². The molecule has 0 fully saturated rings. The zero-order chi connectivity index (χ0) is 14.4. The second kappa shape index (κ2) is 4.42. The number of amides is 2. The fourth-order valence-corrected chi connectivity index (χ4v) is 2.47. The van der Waals surface area contributed by atoms with Crippen LogP contribution in [0.5, 0.6) is 0 Å². The number of halogens is 2. The van der Waals surface area contributed by atoms with Crippen molar-refractivity contribution in [1.82, 2.24) is 0 Å². The Hall–Kier alpha value is -2.21. The highest BCUT2D eigenvalue weighted by atomic mass is 79.9. The molecule has 1 heterocycles. The van der Waals surface area contributed by atoms with Gasteiger partial charge in [-0.15, -0.1) is 0 Å². The van der Waals surface area contributed by atoms with Crippen LogP contribution in [0, 0.1) is 5.82 Å². The van der Waals surface area contributed by atoms with Crippen LogP contribution in [-0.4, -0.2) is 11.8 Å². The van der Waals surface area contributed by atoms with Crippen molar-refractivity contribution in [2.24, 2.45) is 0 Å². The van der Waals surface area contributed by atoms with Gasteiger partial charge in [0.05, 0.1) is 16.8 Å². The van der Waals surface area contributed by atoms with Crippen molar-refractivity contribution in [3.8, 4) is 0 Å². The number of benzene rings is 2. The summed E-state index contributed by atoms with van der Waals surface area (Å²) in [5, 5.41) is 0. The van der Waals surface area contributed by atoms with Gasteiger partial charge in [0.15, 0.2) is 0 Å². The molecule has 1 aliphatic heterocycles. The number of fused-ring (bicyclic) bond motifs is 1. The van der Waals surface area contributed by atoms with E-state index in [1.807, 2.05) is 0 Å². The second-order valence-electron chi connectivity index (χ2n) is 4.35. The summed E-state index contributed by atoms with van der Waals surface area (Å²) in [5.74, 6) is -1.77. The second-order valence-corrected chi connectivity index (χ2v) is 5.26. The summed E-state index contributed by atoms with van der Waals surface area (Å²) >= 11 is 3.13. The fourth-order valence-electron chi connectivity index (χ4n) is 2.14. The van der Waals surface area contributed by atoms with E-state index in [9.17, 15) is 14.0 Å². The molecule has 3 rings (SSSR count). The van der Waals surface area contributed by atoms with Gasteiger partial charge in [0.2, 0.25) is 0 Å². The Morgan fingerprint density at radius 1 is 1.00 bits per heavy atom. The van der Waals surface area contributed by atoms with Crippen LogP contribution in [0.2, 0.25) is 0 Å². The van der Waals surface area contributed by atoms with Crippen LogP contribution in [0.1, 0.15) is 20.7 Å². The van der Waals surface area contributed by atoms with E-state index < -0.39 is 17.6 Å². The van der Waals surface area contributed by atoms with Crippen molar-refractivity contribution in [2.75, 3.05) is 10.6 Å². The van der Waals surface area contributed by atoms with Crippen molar-refractivity contribution in [3.63, 3.8) is 0 Å². The van der Waals surface area contributed by atoms with Crippen LogP contribution in [-0.2, 0) is 0 Å². The standard InChI is InChI=1S/C14H8BrFN2O2/c15-7-1-4-12(11(16)5-7)18-13(19)9-3-2-8(17)6-10(9)14(18)20/h1-6H,17H2. The first-order valence-corrected chi connectivity index (χ1v) is 6.51. The normalized spacial score (nSPS) is 13.8. The Morgan fingerprint density at radius 3 is 2.40 bits per heavy atom. The third-order valence-electron chi connectivity index (χ3n) is 3.06. The predicted molar refractivity (Wildman–Crippen MR) is 76.1 cm³/mol. The maximum atomic E-state index is 14.0. The quantitative estimate of drug-likeness (QED) is 0.644. The van der Waals surface area contributed by atoms with Gasteiger partial charge in [-0.05, 0) is 36.4 Å². The average Bonchev–Trinajstić information content (AvgIpc) is 2.63. The number of nitrogen functional groups attached to an aromatic ring is 1. The lowest BCUT2D eigenvalue weighted by Crippen LogP contribution is -2.30. The third-order valence-corrected chi connectivity index (χ3v) is 3.55. The number of nitrogens with two attached hydrogens (primary N) is 1. The van der Waals surface area contributed by atoms with E-state index in [1.54, 1.807) is 6.07 Å². The largest absolute Gasteiger partial charge is 0.399 e. The maximum absolute atomic E-state index is 14.0. The smallest absolute Gasteiger partial charge is 0.266 e. The molecule has 0 spiro atoms. The molecule has 2 N–H and O–H groups in total. The summed E-state index contributed by atoms with van der Waals surface area (Å²) in [4.78, 5) is 25.3. The van der Waals surface area contributed by atoms with E-state index in [0.717, 1.165) is 4.90 Å². The summed E-state index contributed by atoms with van der Waals surface area (Å²) in [6.45, 7) is 0. The lowest BCUT2D eigenvalue weighted by molar-refractivity contribution is 0.0925. The molecule has 100 valence electrons. The minimum atomic E-state index is -0.651. The molecule has 0 aromatic heterocycles. The van der Waals surface area contributed by atoms with Crippen molar-refractivity contribution in [1.29, 1.82) is 0 Å². The number of hydrogen-bond donors (Lipinski definition) is 1. The molecule has 0 saturated heterocycles. The van der Waals surface area contributed by atoms with E-state index in [2.05, 4.69) is 15.9 Å². The fraction of sp³-hybridized carbons (Fsp3) is 0. The Bertz CT molecular complexity index is 761. The van der Waals surface area contributed by atoms with Gasteiger partial charge in [0.25, 0.3) is 11.8 Å². The van der Waals surface area contributed by atoms with Crippen molar-refractivity contribution < 1.29 is 14.0 Å². The number of carbonyl (C=O) groups is 2. The summed E-state index contributed by atoms with van der Waals surface area (Å²) in [6.07, 6.45) is 0. The van der Waals surface area contributed by atoms with Gasteiger partial charge < -0.3 is 5.73 Å². The minimum absolute atomic E-state index is 0.0713. The van der Waals surface area contributed by atoms with Gasteiger partial charge in [-0.3, -0.25) is 9.59 Å². The lowest BCUT2D eigenvalue weighted by atomic mass is 10.1. The van der Waals surface area contributed by atoms with Gasteiger partial charge in [0.1, 0.15) is 5.82 Å².